The maximum atomic E-state index is 8.56. The molecule has 0 aliphatic heterocycles. The first kappa shape index (κ1) is 22.7. The quantitative estimate of drug-likeness (QED) is 0.690. The van der Waals surface area contributed by atoms with Crippen molar-refractivity contribution in [2.75, 3.05) is 13.2 Å². The lowest BCUT2D eigenvalue weighted by molar-refractivity contribution is 0.0527. The molecule has 0 amide bonds. The summed E-state index contributed by atoms with van der Waals surface area (Å²) in [6.07, 6.45) is -0.319. The zero-order valence-corrected chi connectivity index (χ0v) is 9.09. The van der Waals surface area contributed by atoms with E-state index in [-0.39, 0.29) is 6.10 Å². The van der Waals surface area contributed by atoms with E-state index in [1.807, 2.05) is 6.92 Å². The maximum Gasteiger partial charge on any atom is 0.0745 e. The van der Waals surface area contributed by atoms with E-state index in [0.717, 1.165) is 0 Å². The van der Waals surface area contributed by atoms with Crippen molar-refractivity contribution in [2.24, 2.45) is 0 Å². The molecule has 0 aliphatic rings. The Kier molecular flexibility index (Phi) is 75.8. The highest BCUT2D eigenvalue weighted by molar-refractivity contribution is 4.38. The van der Waals surface area contributed by atoms with Gasteiger partial charge in [0.25, 0.3) is 0 Å². The van der Waals surface area contributed by atoms with Crippen LogP contribution in [0.4, 0.5) is 0 Å². The molecule has 0 heterocycles. The van der Waals surface area contributed by atoms with Crippen LogP contribution in [0.15, 0.2) is 39.5 Å². The number of ether oxygens (including phenoxy) is 1. The molecule has 2 heteroatoms. The lowest BCUT2D eigenvalue weighted by atomic mass is 10.4. The highest BCUT2D eigenvalue weighted by atomic mass is 16.5. The minimum atomic E-state index is -0.319. The van der Waals surface area contributed by atoms with E-state index in [9.17, 15) is 0 Å². The average molecular weight is 188 g/mol. The van der Waals surface area contributed by atoms with E-state index in [1.165, 1.54) is 0 Å². The Morgan fingerprint density at radius 1 is 1.08 bits per heavy atom. The van der Waals surface area contributed by atoms with Gasteiger partial charge in [0.1, 0.15) is 0 Å². The fourth-order valence-corrected chi connectivity index (χ4v) is 0.288. The van der Waals surface area contributed by atoms with Crippen molar-refractivity contribution in [2.45, 2.75) is 20.0 Å². The third kappa shape index (κ3) is 94.4. The first-order valence-electron chi connectivity index (χ1n) is 4.03. The monoisotopic (exact) mass is 188 g/mol. The van der Waals surface area contributed by atoms with Crippen molar-refractivity contribution in [1.29, 1.82) is 0 Å². The van der Waals surface area contributed by atoms with Gasteiger partial charge in [-0.2, -0.15) is 0 Å². The second kappa shape index (κ2) is 43.4. The molecule has 1 atom stereocenters. The summed E-state index contributed by atoms with van der Waals surface area (Å²) in [6, 6.07) is 0. The number of hydrogen-bond acceptors (Lipinski definition) is 2. The predicted octanol–water partition coefficient (Wildman–Crippen LogP) is 2.81. The zero-order chi connectivity index (χ0) is 11.7. The fraction of sp³-hybridized carbons (Fsp3) is 0.455. The number of rotatable bonds is 3. The van der Waals surface area contributed by atoms with Crippen LogP contribution < -0.4 is 0 Å². The van der Waals surface area contributed by atoms with Gasteiger partial charge in [0.05, 0.1) is 12.7 Å². The van der Waals surface area contributed by atoms with Crippen molar-refractivity contribution >= 4 is 0 Å². The highest BCUT2D eigenvalue weighted by Crippen LogP contribution is 1.79. The van der Waals surface area contributed by atoms with E-state index in [4.69, 9.17) is 9.84 Å². The summed E-state index contributed by atoms with van der Waals surface area (Å²) in [5.41, 5.74) is 0. The van der Waals surface area contributed by atoms with E-state index < -0.39 is 0 Å². The van der Waals surface area contributed by atoms with E-state index in [2.05, 4.69) is 39.5 Å². The molecule has 0 radical (unpaired) electrons. The predicted molar refractivity (Wildman–Crippen MR) is 61.9 cm³/mol. The molecule has 0 aromatic carbocycles. The Hall–Kier alpha value is -0.860. The summed E-state index contributed by atoms with van der Waals surface area (Å²) < 4.78 is 4.84. The summed E-state index contributed by atoms with van der Waals surface area (Å²) >= 11 is 0. The Bertz CT molecular complexity index is 58.4. The number of aliphatic hydroxyl groups excluding tert-OH is 1. The van der Waals surface area contributed by atoms with Crippen LogP contribution in [0.2, 0.25) is 0 Å². The zero-order valence-electron chi connectivity index (χ0n) is 9.09. The van der Waals surface area contributed by atoms with Gasteiger partial charge >= 0.3 is 0 Å². The molecule has 0 fully saturated rings. The Labute approximate surface area is 83.2 Å². The van der Waals surface area contributed by atoms with Gasteiger partial charge in [-0.3, -0.25) is 0 Å². The fourth-order valence-electron chi connectivity index (χ4n) is 0.288. The van der Waals surface area contributed by atoms with Gasteiger partial charge in [-0.1, -0.05) is 0 Å². The Morgan fingerprint density at radius 2 is 1.38 bits per heavy atom. The summed E-state index contributed by atoms with van der Waals surface area (Å²) in [6.45, 7) is 22.7. The summed E-state index contributed by atoms with van der Waals surface area (Å²) in [7, 11) is 0. The molecule has 80 valence electrons. The van der Waals surface area contributed by atoms with Crippen LogP contribution in [0, 0.1) is 0 Å². The van der Waals surface area contributed by atoms with Crippen LogP contribution in [0.5, 0.6) is 0 Å². The van der Waals surface area contributed by atoms with Crippen molar-refractivity contribution in [1.82, 2.24) is 0 Å². The Morgan fingerprint density at radius 3 is 1.46 bits per heavy atom. The lowest BCUT2D eigenvalue weighted by Crippen LogP contribution is -2.09. The highest BCUT2D eigenvalue weighted by Gasteiger charge is 1.89. The summed E-state index contributed by atoms with van der Waals surface area (Å²) in [4.78, 5) is 0. The molecular formula is C11H24O2. The van der Waals surface area contributed by atoms with Gasteiger partial charge in [-0.05, 0) is 13.8 Å². The van der Waals surface area contributed by atoms with E-state index in [1.54, 1.807) is 6.92 Å². The molecule has 0 saturated heterocycles. The molecule has 0 spiro atoms. The minimum absolute atomic E-state index is 0.319. The van der Waals surface area contributed by atoms with E-state index >= 15 is 0 Å². The van der Waals surface area contributed by atoms with Crippen LogP contribution in [-0.2, 0) is 4.74 Å². The molecule has 0 aromatic rings. The van der Waals surface area contributed by atoms with Crippen LogP contribution in [0.25, 0.3) is 0 Å². The van der Waals surface area contributed by atoms with Gasteiger partial charge in [-0.25, -0.2) is 0 Å². The first-order chi connectivity index (χ1) is 6.27. The summed E-state index contributed by atoms with van der Waals surface area (Å²) in [5, 5.41) is 8.56. The van der Waals surface area contributed by atoms with E-state index in [0.29, 0.717) is 13.2 Å². The molecule has 1 N–H and O–H groups in total. The summed E-state index contributed by atoms with van der Waals surface area (Å²) in [5.74, 6) is 0. The smallest absolute Gasteiger partial charge is 0.0745 e. The van der Waals surface area contributed by atoms with Crippen molar-refractivity contribution < 1.29 is 9.84 Å². The van der Waals surface area contributed by atoms with Crippen molar-refractivity contribution in [3.8, 4) is 0 Å². The first-order valence-corrected chi connectivity index (χ1v) is 4.03. The van der Waals surface area contributed by atoms with Crippen LogP contribution >= 0.6 is 0 Å². The lowest BCUT2D eigenvalue weighted by Gasteiger charge is -2.00. The molecule has 0 rings (SSSR count). The average Bonchev–Trinajstić information content (AvgIpc) is 2.24. The third-order valence-corrected chi connectivity index (χ3v) is 0.563. The van der Waals surface area contributed by atoms with Crippen molar-refractivity contribution in [3.05, 3.63) is 39.5 Å². The second-order valence-corrected chi connectivity index (χ2v) is 1.51. The molecule has 2 nitrogen and oxygen atoms in total. The normalized spacial score (nSPS) is 8.54. The second-order valence-electron chi connectivity index (χ2n) is 1.51. The number of hydrogen-bond donors (Lipinski definition) is 1. The van der Waals surface area contributed by atoms with Crippen molar-refractivity contribution in [3.63, 3.8) is 0 Å². The maximum absolute atomic E-state index is 8.56. The third-order valence-electron chi connectivity index (χ3n) is 0.563. The van der Waals surface area contributed by atoms with Crippen LogP contribution in [0.3, 0.4) is 0 Å². The van der Waals surface area contributed by atoms with Gasteiger partial charge < -0.3 is 9.84 Å². The molecule has 0 aromatic heterocycles. The molecule has 13 heavy (non-hydrogen) atoms. The van der Waals surface area contributed by atoms with Gasteiger partial charge in [-0.15, -0.1) is 39.5 Å². The molecular weight excluding hydrogens is 164 g/mol. The molecule has 0 aliphatic carbocycles. The molecule has 0 saturated carbocycles. The van der Waals surface area contributed by atoms with Crippen LogP contribution in [-0.4, -0.2) is 24.4 Å². The van der Waals surface area contributed by atoms with Gasteiger partial charge in [0.2, 0.25) is 0 Å². The molecule has 0 bridgehead atoms. The van der Waals surface area contributed by atoms with Gasteiger partial charge in [0.15, 0.2) is 0 Å². The SMILES string of the molecule is C=C.C=C.C=C.CCOCC(C)O. The Balaban J connectivity index is -0.0000000573. The number of aliphatic hydroxyl groups is 1. The van der Waals surface area contributed by atoms with Crippen LogP contribution in [0.1, 0.15) is 13.8 Å². The minimum Gasteiger partial charge on any atom is -0.391 e. The molecule has 1 unspecified atom stereocenters. The topological polar surface area (TPSA) is 29.5 Å². The largest absolute Gasteiger partial charge is 0.391 e. The standard InChI is InChI=1S/C5H12O2.3C2H4/c1-3-7-4-5(2)6;3*1-2/h5-6H,3-4H2,1-2H3;3*1-2H2. The van der Waals surface area contributed by atoms with Gasteiger partial charge in [0, 0.05) is 6.61 Å².